The zero-order chi connectivity index (χ0) is 10.4. The number of carbonyl (C=O) groups excluding carboxylic acids is 1. The van der Waals surface area contributed by atoms with Crippen LogP contribution in [0.15, 0.2) is 0 Å². The molecule has 0 spiro atoms. The van der Waals surface area contributed by atoms with Crippen LogP contribution in [0.5, 0.6) is 0 Å². The van der Waals surface area contributed by atoms with Gasteiger partial charge in [0.05, 0.1) is 0 Å². The third-order valence-electron chi connectivity index (χ3n) is 1.30. The van der Waals surface area contributed by atoms with E-state index in [4.69, 9.17) is 0 Å². The maximum atomic E-state index is 11.1. The van der Waals surface area contributed by atoms with Crippen LogP contribution in [-0.2, 0) is 16.0 Å². The van der Waals surface area contributed by atoms with Gasteiger partial charge in [0, 0.05) is 18.9 Å². The molecule has 0 saturated carbocycles. The predicted octanol–water partition coefficient (Wildman–Crippen LogP) is 1.06. The summed E-state index contributed by atoms with van der Waals surface area (Å²) in [5.41, 5.74) is 0. The number of methoxy groups -OCH3 is 1. The summed E-state index contributed by atoms with van der Waals surface area (Å²) in [6, 6.07) is 0. The molecule has 0 aromatic carbocycles. The lowest BCUT2D eigenvalue weighted by Crippen LogP contribution is -2.16. The SMILES string of the molecule is COCC(=O)Nc1nnc(CCBr)s1. The number of rotatable bonds is 5. The Hall–Kier alpha value is -0.530. The first-order valence-electron chi connectivity index (χ1n) is 3.93. The number of hydrogen-bond acceptors (Lipinski definition) is 5. The van der Waals surface area contributed by atoms with Crippen molar-refractivity contribution in [2.24, 2.45) is 0 Å². The fourth-order valence-electron chi connectivity index (χ4n) is 0.772. The minimum Gasteiger partial charge on any atom is -0.375 e. The van der Waals surface area contributed by atoms with E-state index in [0.29, 0.717) is 5.13 Å². The summed E-state index contributed by atoms with van der Waals surface area (Å²) in [7, 11) is 1.47. The number of aromatic nitrogens is 2. The van der Waals surface area contributed by atoms with E-state index in [1.54, 1.807) is 0 Å². The standard InChI is InChI=1S/C7H10BrN3O2S/c1-13-4-5(12)9-7-11-10-6(14-7)2-3-8/h2-4H2,1H3,(H,9,11,12). The van der Waals surface area contributed by atoms with Crippen molar-refractivity contribution in [2.75, 3.05) is 24.4 Å². The maximum absolute atomic E-state index is 11.1. The van der Waals surface area contributed by atoms with Crippen molar-refractivity contribution in [1.82, 2.24) is 10.2 Å². The van der Waals surface area contributed by atoms with Gasteiger partial charge in [0.25, 0.3) is 5.91 Å². The van der Waals surface area contributed by atoms with Gasteiger partial charge in [-0.05, 0) is 0 Å². The zero-order valence-electron chi connectivity index (χ0n) is 7.62. The van der Waals surface area contributed by atoms with E-state index in [1.165, 1.54) is 18.4 Å². The zero-order valence-corrected chi connectivity index (χ0v) is 10.0. The van der Waals surface area contributed by atoms with Crippen molar-refractivity contribution >= 4 is 38.3 Å². The monoisotopic (exact) mass is 279 g/mol. The van der Waals surface area contributed by atoms with Crippen molar-refractivity contribution in [2.45, 2.75) is 6.42 Å². The average Bonchev–Trinajstić information content (AvgIpc) is 2.53. The molecule has 0 aliphatic heterocycles. The van der Waals surface area contributed by atoms with E-state index in [9.17, 15) is 4.79 Å². The van der Waals surface area contributed by atoms with E-state index in [-0.39, 0.29) is 12.5 Å². The van der Waals surface area contributed by atoms with Crippen LogP contribution < -0.4 is 5.32 Å². The molecule has 0 aliphatic carbocycles. The normalized spacial score (nSPS) is 10.1. The topological polar surface area (TPSA) is 64.1 Å². The number of anilines is 1. The van der Waals surface area contributed by atoms with Gasteiger partial charge in [-0.25, -0.2) is 0 Å². The van der Waals surface area contributed by atoms with Gasteiger partial charge in [-0.1, -0.05) is 27.3 Å². The summed E-state index contributed by atoms with van der Waals surface area (Å²) >= 11 is 4.67. The lowest BCUT2D eigenvalue weighted by atomic mass is 10.5. The highest BCUT2D eigenvalue weighted by Gasteiger charge is 2.06. The van der Waals surface area contributed by atoms with Crippen LogP contribution in [-0.4, -0.2) is 35.2 Å². The largest absolute Gasteiger partial charge is 0.375 e. The molecular formula is C7H10BrN3O2S. The molecule has 1 N–H and O–H groups in total. The summed E-state index contributed by atoms with van der Waals surface area (Å²) in [4.78, 5) is 11.1. The molecule has 1 rings (SSSR count). The molecule has 78 valence electrons. The second-order valence-electron chi connectivity index (χ2n) is 2.42. The van der Waals surface area contributed by atoms with Crippen LogP contribution in [0.25, 0.3) is 0 Å². The Morgan fingerprint density at radius 3 is 3.07 bits per heavy atom. The molecule has 0 atom stereocenters. The van der Waals surface area contributed by atoms with E-state index in [2.05, 4.69) is 36.2 Å². The number of aryl methyl sites for hydroxylation is 1. The minimum atomic E-state index is -0.214. The predicted molar refractivity (Wildman–Crippen MR) is 57.9 cm³/mol. The van der Waals surface area contributed by atoms with Crippen molar-refractivity contribution < 1.29 is 9.53 Å². The van der Waals surface area contributed by atoms with Gasteiger partial charge in [0.1, 0.15) is 11.6 Å². The first-order valence-corrected chi connectivity index (χ1v) is 5.87. The number of carbonyl (C=O) groups is 1. The van der Waals surface area contributed by atoms with Gasteiger partial charge >= 0.3 is 0 Å². The number of alkyl halides is 1. The molecular weight excluding hydrogens is 270 g/mol. The van der Waals surface area contributed by atoms with Crippen LogP contribution in [0.2, 0.25) is 0 Å². The lowest BCUT2D eigenvalue weighted by molar-refractivity contribution is -0.119. The molecule has 0 unspecified atom stereocenters. The molecule has 1 heterocycles. The average molecular weight is 280 g/mol. The van der Waals surface area contributed by atoms with Crippen LogP contribution in [0.3, 0.4) is 0 Å². The highest BCUT2D eigenvalue weighted by atomic mass is 79.9. The van der Waals surface area contributed by atoms with Gasteiger partial charge in [-0.15, -0.1) is 10.2 Å². The fourth-order valence-corrected chi connectivity index (χ4v) is 2.17. The second kappa shape index (κ2) is 6.05. The number of hydrogen-bond donors (Lipinski definition) is 1. The fraction of sp³-hybridized carbons (Fsp3) is 0.571. The summed E-state index contributed by atoms with van der Waals surface area (Å²) < 4.78 is 4.67. The molecule has 0 aliphatic rings. The Balaban J connectivity index is 2.46. The van der Waals surface area contributed by atoms with Gasteiger partial charge < -0.3 is 4.74 Å². The number of amides is 1. The maximum Gasteiger partial charge on any atom is 0.252 e. The molecule has 0 radical (unpaired) electrons. The number of halogens is 1. The third kappa shape index (κ3) is 3.69. The highest BCUT2D eigenvalue weighted by Crippen LogP contribution is 2.15. The molecule has 1 aromatic heterocycles. The Bertz CT molecular complexity index is 305. The van der Waals surface area contributed by atoms with E-state index < -0.39 is 0 Å². The van der Waals surface area contributed by atoms with E-state index >= 15 is 0 Å². The Morgan fingerprint density at radius 2 is 2.43 bits per heavy atom. The van der Waals surface area contributed by atoms with Crippen LogP contribution in [0.4, 0.5) is 5.13 Å². The minimum absolute atomic E-state index is 0.0351. The molecule has 5 nitrogen and oxygen atoms in total. The first kappa shape index (κ1) is 11.5. The molecule has 1 amide bonds. The van der Waals surface area contributed by atoms with Crippen molar-refractivity contribution in [1.29, 1.82) is 0 Å². The second-order valence-corrected chi connectivity index (χ2v) is 4.28. The number of nitrogens with one attached hydrogen (secondary N) is 1. The van der Waals surface area contributed by atoms with Crippen molar-refractivity contribution in [3.05, 3.63) is 5.01 Å². The van der Waals surface area contributed by atoms with Gasteiger partial charge in [0.15, 0.2) is 0 Å². The summed E-state index contributed by atoms with van der Waals surface area (Å²) in [6.07, 6.45) is 0.817. The molecule has 7 heteroatoms. The number of nitrogens with zero attached hydrogens (tertiary/aromatic N) is 2. The summed E-state index contributed by atoms with van der Waals surface area (Å²) in [6.45, 7) is 0.0351. The summed E-state index contributed by atoms with van der Waals surface area (Å²) in [5, 5.41) is 12.6. The first-order chi connectivity index (χ1) is 6.76. The third-order valence-corrected chi connectivity index (χ3v) is 2.59. The van der Waals surface area contributed by atoms with E-state index in [0.717, 1.165) is 16.8 Å². The van der Waals surface area contributed by atoms with Crippen LogP contribution in [0.1, 0.15) is 5.01 Å². The lowest BCUT2D eigenvalue weighted by Gasteiger charge is -1.97. The molecule has 0 fully saturated rings. The van der Waals surface area contributed by atoms with Gasteiger partial charge in [-0.3, -0.25) is 10.1 Å². The number of ether oxygens (including phenoxy) is 1. The van der Waals surface area contributed by atoms with Crippen LogP contribution >= 0.6 is 27.3 Å². The highest BCUT2D eigenvalue weighted by molar-refractivity contribution is 9.09. The summed E-state index contributed by atoms with van der Waals surface area (Å²) in [5.74, 6) is -0.214. The Morgan fingerprint density at radius 1 is 1.64 bits per heavy atom. The molecule has 14 heavy (non-hydrogen) atoms. The van der Waals surface area contributed by atoms with Crippen molar-refractivity contribution in [3.63, 3.8) is 0 Å². The van der Waals surface area contributed by atoms with Gasteiger partial charge in [-0.2, -0.15) is 0 Å². The quantitative estimate of drug-likeness (QED) is 0.819. The van der Waals surface area contributed by atoms with Crippen molar-refractivity contribution in [3.8, 4) is 0 Å². The van der Waals surface area contributed by atoms with E-state index in [1.807, 2.05) is 0 Å². The Labute approximate surface area is 94.0 Å². The molecule has 0 saturated heterocycles. The Kier molecular flexibility index (Phi) is 4.99. The van der Waals surface area contributed by atoms with Crippen LogP contribution in [0, 0.1) is 0 Å². The van der Waals surface area contributed by atoms with Gasteiger partial charge in [0.2, 0.25) is 5.13 Å². The smallest absolute Gasteiger partial charge is 0.252 e. The molecule has 1 aromatic rings. The molecule has 0 bridgehead atoms.